The summed E-state index contributed by atoms with van der Waals surface area (Å²) < 4.78 is 8.62. The SMILES string of the molecule is CSc1nc2n(n1)[C@H](c1ccc(C)cc1)C1=C(N2)c2cc(Cl)ccc2O[C@H]1c1ccccc1. The van der Waals surface area contributed by atoms with E-state index in [4.69, 9.17) is 26.4 Å². The maximum Gasteiger partial charge on any atom is 0.227 e. The Hall–Kier alpha value is -3.22. The van der Waals surface area contributed by atoms with Crippen molar-refractivity contribution in [1.82, 2.24) is 14.8 Å². The van der Waals surface area contributed by atoms with Crippen molar-refractivity contribution in [3.8, 4) is 5.75 Å². The lowest BCUT2D eigenvalue weighted by molar-refractivity contribution is 0.223. The van der Waals surface area contributed by atoms with Crippen LogP contribution in [-0.4, -0.2) is 21.0 Å². The number of ether oxygens (including phenoxy) is 1. The summed E-state index contributed by atoms with van der Waals surface area (Å²) in [6.07, 6.45) is 1.70. The first-order chi connectivity index (χ1) is 16.1. The quantitative estimate of drug-likeness (QED) is 0.344. The van der Waals surface area contributed by atoms with E-state index in [1.807, 2.05) is 47.3 Å². The lowest BCUT2D eigenvalue weighted by Gasteiger charge is -2.39. The second-order valence-corrected chi connectivity index (χ2v) is 9.39. The van der Waals surface area contributed by atoms with Crippen molar-refractivity contribution in [1.29, 1.82) is 0 Å². The van der Waals surface area contributed by atoms with Crippen LogP contribution in [0.2, 0.25) is 5.02 Å². The summed E-state index contributed by atoms with van der Waals surface area (Å²) in [7, 11) is 0. The molecule has 0 amide bonds. The van der Waals surface area contributed by atoms with Gasteiger partial charge in [0.15, 0.2) is 0 Å². The highest BCUT2D eigenvalue weighted by Gasteiger charge is 2.41. The second kappa shape index (κ2) is 7.97. The van der Waals surface area contributed by atoms with Gasteiger partial charge in [0.25, 0.3) is 0 Å². The third kappa shape index (κ3) is 3.41. The van der Waals surface area contributed by atoms with Crippen LogP contribution in [0.1, 0.15) is 34.4 Å². The van der Waals surface area contributed by atoms with Gasteiger partial charge in [0.1, 0.15) is 17.9 Å². The molecule has 0 fully saturated rings. The second-order valence-electron chi connectivity index (χ2n) is 8.18. The van der Waals surface area contributed by atoms with Crippen molar-refractivity contribution >= 4 is 35.0 Å². The van der Waals surface area contributed by atoms with Gasteiger partial charge in [0.05, 0.1) is 5.70 Å². The Morgan fingerprint density at radius 3 is 2.55 bits per heavy atom. The summed E-state index contributed by atoms with van der Waals surface area (Å²) in [5, 5.41) is 9.78. The summed E-state index contributed by atoms with van der Waals surface area (Å²) >= 11 is 7.94. The van der Waals surface area contributed by atoms with Crippen molar-refractivity contribution < 1.29 is 4.74 Å². The fourth-order valence-electron chi connectivity index (χ4n) is 4.54. The first kappa shape index (κ1) is 20.4. The molecule has 0 aliphatic carbocycles. The number of hydrogen-bond donors (Lipinski definition) is 1. The number of aromatic nitrogens is 3. The number of nitrogens with zero attached hydrogens (tertiary/aromatic N) is 3. The molecule has 3 aromatic carbocycles. The van der Waals surface area contributed by atoms with Gasteiger partial charge in [-0.15, -0.1) is 5.10 Å². The van der Waals surface area contributed by atoms with Crippen molar-refractivity contribution in [2.24, 2.45) is 0 Å². The third-order valence-corrected chi connectivity index (χ3v) is 6.87. The number of thioether (sulfide) groups is 1. The molecule has 6 rings (SSSR count). The van der Waals surface area contributed by atoms with E-state index in [1.54, 1.807) is 0 Å². The van der Waals surface area contributed by atoms with Crippen LogP contribution in [-0.2, 0) is 0 Å². The summed E-state index contributed by atoms with van der Waals surface area (Å²) in [4.78, 5) is 4.74. The molecule has 2 aliphatic heterocycles. The zero-order valence-electron chi connectivity index (χ0n) is 18.1. The van der Waals surface area contributed by atoms with Crippen molar-refractivity contribution in [2.75, 3.05) is 11.6 Å². The fourth-order valence-corrected chi connectivity index (χ4v) is 5.06. The molecular formula is C26H21ClN4OS. The summed E-state index contributed by atoms with van der Waals surface area (Å²) in [6.45, 7) is 2.10. The van der Waals surface area contributed by atoms with Crippen LogP contribution < -0.4 is 10.1 Å². The molecule has 164 valence electrons. The summed E-state index contributed by atoms with van der Waals surface area (Å²) in [5.41, 5.74) is 6.42. The maximum absolute atomic E-state index is 6.64. The number of nitrogens with one attached hydrogen (secondary N) is 1. The van der Waals surface area contributed by atoms with Crippen LogP contribution in [0.15, 0.2) is 83.5 Å². The molecular weight excluding hydrogens is 452 g/mol. The Morgan fingerprint density at radius 2 is 1.79 bits per heavy atom. The summed E-state index contributed by atoms with van der Waals surface area (Å²) in [5.74, 6) is 1.50. The van der Waals surface area contributed by atoms with Crippen LogP contribution >= 0.6 is 23.4 Å². The first-order valence-electron chi connectivity index (χ1n) is 10.7. The minimum atomic E-state index is -0.288. The number of rotatable bonds is 3. The molecule has 4 aromatic rings. The van der Waals surface area contributed by atoms with Crippen LogP contribution in [0.4, 0.5) is 5.95 Å². The van der Waals surface area contributed by atoms with E-state index in [9.17, 15) is 0 Å². The summed E-state index contributed by atoms with van der Waals surface area (Å²) in [6, 6.07) is 24.5. The van der Waals surface area contributed by atoms with E-state index in [-0.39, 0.29) is 12.1 Å². The van der Waals surface area contributed by atoms with E-state index < -0.39 is 0 Å². The highest BCUT2D eigenvalue weighted by molar-refractivity contribution is 7.98. The Bertz CT molecular complexity index is 1380. The Labute approximate surface area is 201 Å². The molecule has 0 saturated carbocycles. The molecule has 0 unspecified atom stereocenters. The van der Waals surface area contributed by atoms with Gasteiger partial charge in [0, 0.05) is 16.2 Å². The van der Waals surface area contributed by atoms with Gasteiger partial charge in [-0.25, -0.2) is 4.68 Å². The van der Waals surface area contributed by atoms with Gasteiger partial charge >= 0.3 is 0 Å². The van der Waals surface area contributed by atoms with E-state index >= 15 is 0 Å². The zero-order chi connectivity index (χ0) is 22.5. The minimum absolute atomic E-state index is 0.178. The number of fused-ring (bicyclic) bond motifs is 3. The molecule has 33 heavy (non-hydrogen) atoms. The fraction of sp³-hybridized carbons (Fsp3) is 0.154. The molecule has 1 N–H and O–H groups in total. The normalized spacial score (nSPS) is 18.6. The van der Waals surface area contributed by atoms with Gasteiger partial charge in [-0.05, 0) is 42.5 Å². The minimum Gasteiger partial charge on any atom is -0.480 e. The predicted molar refractivity (Wildman–Crippen MR) is 133 cm³/mol. The van der Waals surface area contributed by atoms with Gasteiger partial charge in [-0.3, -0.25) is 0 Å². The average Bonchev–Trinajstić information content (AvgIpc) is 3.26. The van der Waals surface area contributed by atoms with E-state index in [1.165, 1.54) is 17.3 Å². The molecule has 0 spiro atoms. The Balaban J connectivity index is 1.64. The predicted octanol–water partition coefficient (Wildman–Crippen LogP) is 6.52. The monoisotopic (exact) mass is 472 g/mol. The Morgan fingerprint density at radius 1 is 1.00 bits per heavy atom. The number of aryl methyl sites for hydroxylation is 1. The van der Waals surface area contributed by atoms with Gasteiger partial charge < -0.3 is 10.1 Å². The molecule has 5 nitrogen and oxygen atoms in total. The van der Waals surface area contributed by atoms with E-state index in [0.717, 1.165) is 38.9 Å². The molecule has 7 heteroatoms. The first-order valence-corrected chi connectivity index (χ1v) is 12.3. The molecule has 3 heterocycles. The highest BCUT2D eigenvalue weighted by atomic mass is 35.5. The van der Waals surface area contributed by atoms with E-state index in [0.29, 0.717) is 11.0 Å². The average molecular weight is 473 g/mol. The molecule has 2 aliphatic rings. The van der Waals surface area contributed by atoms with Crippen LogP contribution in [0, 0.1) is 6.92 Å². The van der Waals surface area contributed by atoms with Crippen molar-refractivity contribution in [2.45, 2.75) is 24.2 Å². The maximum atomic E-state index is 6.64. The molecule has 2 atom stereocenters. The smallest absolute Gasteiger partial charge is 0.227 e. The van der Waals surface area contributed by atoms with Crippen LogP contribution in [0.3, 0.4) is 0 Å². The van der Waals surface area contributed by atoms with Gasteiger partial charge in [0.2, 0.25) is 11.1 Å². The lowest BCUT2D eigenvalue weighted by atomic mass is 9.84. The van der Waals surface area contributed by atoms with Crippen LogP contribution in [0.5, 0.6) is 5.75 Å². The topological polar surface area (TPSA) is 52.0 Å². The van der Waals surface area contributed by atoms with E-state index in [2.05, 4.69) is 48.6 Å². The molecule has 0 radical (unpaired) electrons. The van der Waals surface area contributed by atoms with Crippen molar-refractivity contribution in [3.63, 3.8) is 0 Å². The largest absolute Gasteiger partial charge is 0.480 e. The molecule has 0 saturated heterocycles. The van der Waals surface area contributed by atoms with Gasteiger partial charge in [-0.2, -0.15) is 4.98 Å². The Kier molecular flexibility index (Phi) is 4.93. The molecule has 0 bridgehead atoms. The highest BCUT2D eigenvalue weighted by Crippen LogP contribution is 2.51. The number of benzene rings is 3. The lowest BCUT2D eigenvalue weighted by Crippen LogP contribution is -2.32. The number of anilines is 1. The number of halogens is 1. The standard InChI is InChI=1S/C26H21ClN4OS/c1-15-8-10-16(11-9-15)23-21-22(28-25-29-26(33-2)30-31(23)25)19-14-18(27)12-13-20(19)32-24(21)17-6-4-3-5-7-17/h3-14,23-24H,1-2H3,(H,28,29,30)/t23-,24+/m1/s1. The zero-order valence-corrected chi connectivity index (χ0v) is 19.7. The third-order valence-electron chi connectivity index (χ3n) is 6.09. The molecule has 1 aromatic heterocycles. The van der Waals surface area contributed by atoms with Gasteiger partial charge in [-0.1, -0.05) is 83.5 Å². The number of hydrogen-bond acceptors (Lipinski definition) is 5. The van der Waals surface area contributed by atoms with Crippen molar-refractivity contribution in [3.05, 3.63) is 106 Å². The van der Waals surface area contributed by atoms with Crippen LogP contribution in [0.25, 0.3) is 5.70 Å².